The lowest BCUT2D eigenvalue weighted by Gasteiger charge is -2.16. The normalized spacial score (nSPS) is 11.6. The first-order valence-corrected chi connectivity index (χ1v) is 5.88. The molecule has 0 aliphatic carbocycles. The number of alkyl carbamates (subject to hydrolysis) is 1. The number of rotatable bonds is 7. The zero-order valence-corrected chi connectivity index (χ0v) is 10.6. The van der Waals surface area contributed by atoms with Crippen molar-refractivity contribution in [3.8, 4) is 0 Å². The molecule has 0 aliphatic heterocycles. The Morgan fingerprint density at radius 3 is 2.70 bits per heavy atom. The fraction of sp³-hybridized carbons (Fsp3) is 0.417. The molecule has 108 valence electrons. The van der Waals surface area contributed by atoms with Crippen molar-refractivity contribution in [1.29, 1.82) is 0 Å². The Hall–Kier alpha value is -2.34. The minimum absolute atomic E-state index is 0.0373. The minimum atomic E-state index is -2.61. The third-order valence-electron chi connectivity index (χ3n) is 2.36. The van der Waals surface area contributed by atoms with Crippen LogP contribution >= 0.6 is 0 Å². The highest BCUT2D eigenvalue weighted by molar-refractivity contribution is 5.67. The molecule has 0 bridgehead atoms. The van der Waals surface area contributed by atoms with Gasteiger partial charge in [-0.3, -0.25) is 0 Å². The van der Waals surface area contributed by atoms with Crippen LogP contribution in [-0.2, 0) is 11.3 Å². The van der Waals surface area contributed by atoms with Crippen molar-refractivity contribution in [2.45, 2.75) is 25.5 Å². The van der Waals surface area contributed by atoms with E-state index in [0.717, 1.165) is 5.56 Å². The summed E-state index contributed by atoms with van der Waals surface area (Å²) in [5.74, 6) is 0. The van der Waals surface area contributed by atoms with Crippen molar-refractivity contribution in [2.24, 2.45) is 5.11 Å². The topological polar surface area (TPSA) is 87.1 Å². The fourth-order valence-corrected chi connectivity index (χ4v) is 1.46. The van der Waals surface area contributed by atoms with Crippen molar-refractivity contribution < 1.29 is 18.3 Å². The van der Waals surface area contributed by atoms with Gasteiger partial charge in [-0.25, -0.2) is 13.6 Å². The second kappa shape index (κ2) is 8.71. The summed E-state index contributed by atoms with van der Waals surface area (Å²) < 4.78 is 29.5. The highest BCUT2D eigenvalue weighted by Crippen LogP contribution is 2.06. The van der Waals surface area contributed by atoms with Crippen molar-refractivity contribution in [1.82, 2.24) is 5.32 Å². The maximum atomic E-state index is 12.3. The average molecular weight is 284 g/mol. The van der Waals surface area contributed by atoms with Gasteiger partial charge in [0.15, 0.2) is 0 Å². The van der Waals surface area contributed by atoms with Crippen LogP contribution < -0.4 is 5.32 Å². The SMILES string of the molecule is [N-]=[N+]=NC[C@@H](CC(F)F)NC(=O)OCc1ccccc1. The van der Waals surface area contributed by atoms with E-state index in [2.05, 4.69) is 15.3 Å². The van der Waals surface area contributed by atoms with Gasteiger partial charge in [-0.1, -0.05) is 35.4 Å². The first-order chi connectivity index (χ1) is 9.61. The number of benzene rings is 1. The smallest absolute Gasteiger partial charge is 0.407 e. The lowest BCUT2D eigenvalue weighted by molar-refractivity contribution is 0.110. The Balaban J connectivity index is 2.42. The van der Waals surface area contributed by atoms with E-state index < -0.39 is 25.0 Å². The van der Waals surface area contributed by atoms with E-state index in [1.165, 1.54) is 0 Å². The molecule has 1 N–H and O–H groups in total. The van der Waals surface area contributed by atoms with Crippen LogP contribution in [0.15, 0.2) is 35.4 Å². The maximum Gasteiger partial charge on any atom is 0.407 e. The van der Waals surface area contributed by atoms with E-state index in [9.17, 15) is 13.6 Å². The highest BCUT2D eigenvalue weighted by Gasteiger charge is 2.17. The molecule has 0 saturated carbocycles. The number of carbonyl (C=O) groups is 1. The molecule has 0 aliphatic rings. The second-order valence-electron chi connectivity index (χ2n) is 3.94. The molecule has 0 radical (unpaired) electrons. The number of carbonyl (C=O) groups excluding carboxylic acids is 1. The molecule has 8 heteroatoms. The van der Waals surface area contributed by atoms with Crippen molar-refractivity contribution in [2.75, 3.05) is 6.54 Å². The number of hydrogen-bond donors (Lipinski definition) is 1. The van der Waals surface area contributed by atoms with Crippen molar-refractivity contribution in [3.05, 3.63) is 46.3 Å². The number of azide groups is 1. The van der Waals surface area contributed by atoms with Gasteiger partial charge < -0.3 is 10.1 Å². The summed E-state index contributed by atoms with van der Waals surface area (Å²) >= 11 is 0. The molecule has 0 unspecified atom stereocenters. The summed E-state index contributed by atoms with van der Waals surface area (Å²) in [4.78, 5) is 13.9. The molecule has 6 nitrogen and oxygen atoms in total. The molecule has 0 spiro atoms. The highest BCUT2D eigenvalue weighted by atomic mass is 19.3. The quantitative estimate of drug-likeness (QED) is 0.473. The monoisotopic (exact) mass is 284 g/mol. The van der Waals surface area contributed by atoms with Crippen LogP contribution in [0.25, 0.3) is 10.4 Å². The third-order valence-corrected chi connectivity index (χ3v) is 2.36. The molecule has 0 fully saturated rings. The fourth-order valence-electron chi connectivity index (χ4n) is 1.46. The zero-order valence-electron chi connectivity index (χ0n) is 10.6. The molecule has 1 aromatic rings. The molecule has 1 aromatic carbocycles. The molecular formula is C12H14F2N4O2. The van der Waals surface area contributed by atoms with Crippen LogP contribution in [0.3, 0.4) is 0 Å². The van der Waals surface area contributed by atoms with E-state index in [1.807, 2.05) is 6.07 Å². The van der Waals surface area contributed by atoms with Crippen LogP contribution in [0.4, 0.5) is 13.6 Å². The van der Waals surface area contributed by atoms with Gasteiger partial charge in [0.2, 0.25) is 6.43 Å². The van der Waals surface area contributed by atoms with Crippen LogP contribution in [0.5, 0.6) is 0 Å². The van der Waals surface area contributed by atoms with Crippen molar-refractivity contribution >= 4 is 6.09 Å². The molecule has 0 aromatic heterocycles. The summed E-state index contributed by atoms with van der Waals surface area (Å²) in [7, 11) is 0. The van der Waals surface area contributed by atoms with Crippen LogP contribution in [-0.4, -0.2) is 25.1 Å². The Morgan fingerprint density at radius 1 is 1.40 bits per heavy atom. The average Bonchev–Trinajstić information content (AvgIpc) is 2.43. The van der Waals surface area contributed by atoms with E-state index in [-0.39, 0.29) is 13.2 Å². The molecule has 1 atom stereocenters. The molecule has 20 heavy (non-hydrogen) atoms. The van der Waals surface area contributed by atoms with E-state index >= 15 is 0 Å². The lowest BCUT2D eigenvalue weighted by atomic mass is 10.2. The zero-order chi connectivity index (χ0) is 14.8. The predicted molar refractivity (Wildman–Crippen MR) is 68.2 cm³/mol. The molecule has 1 rings (SSSR count). The number of hydrogen-bond acceptors (Lipinski definition) is 3. The first kappa shape index (κ1) is 15.7. The Kier molecular flexibility index (Phi) is 6.84. The third kappa shape index (κ3) is 6.55. The van der Waals surface area contributed by atoms with Crippen molar-refractivity contribution in [3.63, 3.8) is 0 Å². The maximum absolute atomic E-state index is 12.3. The lowest BCUT2D eigenvalue weighted by Crippen LogP contribution is -2.38. The number of halogens is 2. The van der Waals surface area contributed by atoms with Gasteiger partial charge in [-0.2, -0.15) is 0 Å². The molecular weight excluding hydrogens is 270 g/mol. The predicted octanol–water partition coefficient (Wildman–Crippen LogP) is 3.25. The standard InChI is InChI=1S/C12H14F2N4O2/c13-11(14)6-10(7-16-18-15)17-12(19)20-8-9-4-2-1-3-5-9/h1-5,10-11H,6-8H2,(H,17,19)/t10-/m1/s1. The Labute approximate surface area is 114 Å². The number of nitrogens with one attached hydrogen (secondary N) is 1. The minimum Gasteiger partial charge on any atom is -0.445 e. The van der Waals surface area contributed by atoms with E-state index in [0.29, 0.717) is 0 Å². The number of alkyl halides is 2. The van der Waals surface area contributed by atoms with Gasteiger partial charge in [-0.05, 0) is 11.1 Å². The molecule has 0 heterocycles. The Morgan fingerprint density at radius 2 is 2.10 bits per heavy atom. The van der Waals surface area contributed by atoms with Crippen LogP contribution in [0.2, 0.25) is 0 Å². The van der Waals surface area contributed by atoms with Crippen LogP contribution in [0, 0.1) is 0 Å². The van der Waals surface area contributed by atoms with Gasteiger partial charge >= 0.3 is 6.09 Å². The van der Waals surface area contributed by atoms with Gasteiger partial charge in [-0.15, -0.1) is 0 Å². The summed E-state index contributed by atoms with van der Waals surface area (Å²) in [6.45, 7) is -0.211. The number of amides is 1. The van der Waals surface area contributed by atoms with Gasteiger partial charge in [0, 0.05) is 23.9 Å². The first-order valence-electron chi connectivity index (χ1n) is 5.88. The van der Waals surface area contributed by atoms with Crippen LogP contribution in [0.1, 0.15) is 12.0 Å². The van der Waals surface area contributed by atoms with Gasteiger partial charge in [0.05, 0.1) is 0 Å². The molecule has 0 saturated heterocycles. The largest absolute Gasteiger partial charge is 0.445 e. The van der Waals surface area contributed by atoms with E-state index in [1.54, 1.807) is 24.3 Å². The second-order valence-corrected chi connectivity index (χ2v) is 3.94. The van der Waals surface area contributed by atoms with E-state index in [4.69, 9.17) is 10.3 Å². The summed E-state index contributed by atoms with van der Waals surface area (Å²) in [5, 5.41) is 5.42. The summed E-state index contributed by atoms with van der Waals surface area (Å²) in [6.07, 6.45) is -4.03. The Bertz CT molecular complexity index is 464. The summed E-state index contributed by atoms with van der Waals surface area (Å²) in [5.41, 5.74) is 8.94. The number of ether oxygens (including phenoxy) is 1. The van der Waals surface area contributed by atoms with Gasteiger partial charge in [0.1, 0.15) is 6.61 Å². The van der Waals surface area contributed by atoms with Gasteiger partial charge in [0.25, 0.3) is 0 Å². The molecule has 1 amide bonds. The number of nitrogens with zero attached hydrogens (tertiary/aromatic N) is 3. The summed E-state index contributed by atoms with van der Waals surface area (Å²) in [6, 6.07) is 7.99.